The molecule has 0 aliphatic carbocycles. The van der Waals surface area contributed by atoms with Crippen molar-refractivity contribution < 1.29 is 14.8 Å². The fraction of sp³-hybridized carbons (Fsp3) is 0.0667. The topological polar surface area (TPSA) is 105 Å². The summed E-state index contributed by atoms with van der Waals surface area (Å²) in [4.78, 5) is 22.2. The molecule has 0 fully saturated rings. The molecule has 8 heteroatoms. The number of carbonyl (C=O) groups is 1. The number of aromatic hydroxyl groups is 1. The summed E-state index contributed by atoms with van der Waals surface area (Å²) in [6.45, 7) is 1.58. The van der Waals surface area contributed by atoms with E-state index < -0.39 is 10.8 Å². The number of amides is 1. The zero-order valence-corrected chi connectivity index (χ0v) is 12.7. The van der Waals surface area contributed by atoms with E-state index in [-0.39, 0.29) is 22.0 Å². The SMILES string of the molecule is C/C(=N/NC(=O)c1ccccc1O)c1ccc(Cl)c([N+](=O)[O-])c1. The maximum absolute atomic E-state index is 11.9. The number of benzene rings is 2. The number of hydrogen-bond acceptors (Lipinski definition) is 5. The molecule has 0 aliphatic rings. The Balaban J connectivity index is 2.21. The molecule has 0 unspecified atom stereocenters. The van der Waals surface area contributed by atoms with Crippen LogP contribution >= 0.6 is 11.6 Å². The Kier molecular flexibility index (Phi) is 4.92. The Hall–Kier alpha value is -2.93. The first-order valence-electron chi connectivity index (χ1n) is 6.47. The second-order valence-corrected chi connectivity index (χ2v) is 4.99. The number of phenolic OH excluding ortho intramolecular Hbond substituents is 1. The summed E-state index contributed by atoms with van der Waals surface area (Å²) in [6, 6.07) is 10.2. The Morgan fingerprint density at radius 1 is 1.30 bits per heavy atom. The summed E-state index contributed by atoms with van der Waals surface area (Å²) in [7, 11) is 0. The highest BCUT2D eigenvalue weighted by Gasteiger charge is 2.14. The maximum Gasteiger partial charge on any atom is 0.288 e. The lowest BCUT2D eigenvalue weighted by atomic mass is 10.1. The summed E-state index contributed by atoms with van der Waals surface area (Å²) < 4.78 is 0. The van der Waals surface area contributed by atoms with Gasteiger partial charge in [-0.05, 0) is 25.1 Å². The summed E-state index contributed by atoms with van der Waals surface area (Å²) in [5, 5.41) is 24.4. The molecule has 0 aromatic heterocycles. The van der Waals surface area contributed by atoms with Gasteiger partial charge in [0.2, 0.25) is 0 Å². The van der Waals surface area contributed by atoms with E-state index in [0.717, 1.165) is 0 Å². The molecule has 0 saturated heterocycles. The van der Waals surface area contributed by atoms with Crippen LogP contribution in [-0.2, 0) is 0 Å². The zero-order chi connectivity index (χ0) is 17.0. The summed E-state index contributed by atoms with van der Waals surface area (Å²) in [5.41, 5.74) is 2.92. The number of nitro benzene ring substituents is 1. The predicted molar refractivity (Wildman–Crippen MR) is 85.9 cm³/mol. The maximum atomic E-state index is 11.9. The number of halogens is 1. The van der Waals surface area contributed by atoms with E-state index in [4.69, 9.17) is 11.6 Å². The molecular formula is C15H12ClN3O4. The van der Waals surface area contributed by atoms with Gasteiger partial charge in [0.25, 0.3) is 11.6 Å². The molecule has 7 nitrogen and oxygen atoms in total. The molecule has 0 spiro atoms. The highest BCUT2D eigenvalue weighted by atomic mass is 35.5. The van der Waals surface area contributed by atoms with Crippen molar-refractivity contribution in [3.05, 3.63) is 68.7 Å². The Labute approximate surface area is 136 Å². The number of phenols is 1. The molecular weight excluding hydrogens is 322 g/mol. The minimum absolute atomic E-state index is 0.0183. The average Bonchev–Trinajstić information content (AvgIpc) is 2.52. The number of para-hydroxylation sites is 1. The monoisotopic (exact) mass is 333 g/mol. The van der Waals surface area contributed by atoms with Crippen molar-refractivity contribution >= 4 is 28.9 Å². The number of nitro groups is 1. The summed E-state index contributed by atoms with van der Waals surface area (Å²) in [6.07, 6.45) is 0. The number of carbonyl (C=O) groups excluding carboxylic acids is 1. The first-order valence-corrected chi connectivity index (χ1v) is 6.85. The first kappa shape index (κ1) is 16.4. The van der Waals surface area contributed by atoms with Crippen LogP contribution in [0, 0.1) is 10.1 Å². The number of rotatable bonds is 4. The van der Waals surface area contributed by atoms with E-state index >= 15 is 0 Å². The highest BCUT2D eigenvalue weighted by molar-refractivity contribution is 6.32. The van der Waals surface area contributed by atoms with E-state index in [0.29, 0.717) is 11.3 Å². The van der Waals surface area contributed by atoms with Gasteiger partial charge in [0.1, 0.15) is 10.8 Å². The quantitative estimate of drug-likeness (QED) is 0.509. The molecule has 0 aliphatic heterocycles. The van der Waals surface area contributed by atoms with Crippen LogP contribution in [0.3, 0.4) is 0 Å². The minimum atomic E-state index is -0.598. The Bertz CT molecular complexity index is 805. The molecule has 0 radical (unpaired) electrons. The molecule has 0 saturated carbocycles. The first-order chi connectivity index (χ1) is 10.9. The van der Waals surface area contributed by atoms with Gasteiger partial charge in [-0.2, -0.15) is 5.10 Å². The van der Waals surface area contributed by atoms with Crippen molar-refractivity contribution in [1.29, 1.82) is 0 Å². The van der Waals surface area contributed by atoms with E-state index in [2.05, 4.69) is 10.5 Å². The van der Waals surface area contributed by atoms with Gasteiger partial charge in [-0.15, -0.1) is 0 Å². The fourth-order valence-corrected chi connectivity index (χ4v) is 1.99. The normalized spacial score (nSPS) is 11.1. The molecule has 118 valence electrons. The number of hydrogen-bond donors (Lipinski definition) is 2. The van der Waals surface area contributed by atoms with Gasteiger partial charge in [0, 0.05) is 11.6 Å². The third-order valence-electron chi connectivity index (χ3n) is 3.03. The molecule has 23 heavy (non-hydrogen) atoms. The van der Waals surface area contributed by atoms with Gasteiger partial charge in [0.15, 0.2) is 0 Å². The standard InChI is InChI=1S/C15H12ClN3O4/c1-9(10-6-7-12(16)13(8-10)19(22)23)17-18-15(21)11-4-2-3-5-14(11)20/h2-8,20H,1H3,(H,18,21)/b17-9-. The van der Waals surface area contributed by atoms with Crippen molar-refractivity contribution in [1.82, 2.24) is 5.43 Å². The summed E-state index contributed by atoms with van der Waals surface area (Å²) >= 11 is 5.74. The second kappa shape index (κ2) is 6.89. The molecule has 2 N–H and O–H groups in total. The molecule has 2 aromatic carbocycles. The number of nitrogens with zero attached hydrogens (tertiary/aromatic N) is 2. The van der Waals surface area contributed by atoms with Crippen molar-refractivity contribution in [2.45, 2.75) is 6.92 Å². The molecule has 2 rings (SSSR count). The van der Waals surface area contributed by atoms with Crippen molar-refractivity contribution in [3.63, 3.8) is 0 Å². The average molecular weight is 334 g/mol. The van der Waals surface area contributed by atoms with E-state index in [1.165, 1.54) is 24.3 Å². The molecule has 0 atom stereocenters. The van der Waals surface area contributed by atoms with Crippen LogP contribution in [0.1, 0.15) is 22.8 Å². The van der Waals surface area contributed by atoms with Crippen molar-refractivity contribution in [2.75, 3.05) is 0 Å². The Morgan fingerprint density at radius 3 is 2.65 bits per heavy atom. The van der Waals surface area contributed by atoms with Crippen LogP contribution in [0.4, 0.5) is 5.69 Å². The minimum Gasteiger partial charge on any atom is -0.507 e. The van der Waals surface area contributed by atoms with Gasteiger partial charge in [-0.25, -0.2) is 5.43 Å². The van der Waals surface area contributed by atoms with Gasteiger partial charge in [0.05, 0.1) is 16.2 Å². The highest BCUT2D eigenvalue weighted by Crippen LogP contribution is 2.25. The van der Waals surface area contributed by atoms with Gasteiger partial charge in [-0.1, -0.05) is 29.8 Å². The second-order valence-electron chi connectivity index (χ2n) is 4.58. The van der Waals surface area contributed by atoms with Gasteiger partial charge >= 0.3 is 0 Å². The number of hydrazone groups is 1. The van der Waals surface area contributed by atoms with Crippen LogP contribution < -0.4 is 5.43 Å². The van der Waals surface area contributed by atoms with Crippen LogP contribution in [0.15, 0.2) is 47.6 Å². The number of nitrogens with one attached hydrogen (secondary N) is 1. The Morgan fingerprint density at radius 2 is 2.00 bits per heavy atom. The van der Waals surface area contributed by atoms with Gasteiger partial charge < -0.3 is 5.11 Å². The predicted octanol–water partition coefficient (Wildman–Crippen LogP) is 3.11. The van der Waals surface area contributed by atoms with E-state index in [1.807, 2.05) is 0 Å². The third-order valence-corrected chi connectivity index (χ3v) is 3.35. The fourth-order valence-electron chi connectivity index (χ4n) is 1.80. The lowest BCUT2D eigenvalue weighted by Gasteiger charge is -2.05. The smallest absolute Gasteiger partial charge is 0.288 e. The van der Waals surface area contributed by atoms with Gasteiger partial charge in [-0.3, -0.25) is 14.9 Å². The molecule has 1 amide bonds. The van der Waals surface area contributed by atoms with Crippen LogP contribution in [0.2, 0.25) is 5.02 Å². The van der Waals surface area contributed by atoms with E-state index in [1.54, 1.807) is 25.1 Å². The summed E-state index contributed by atoms with van der Waals surface area (Å²) in [5.74, 6) is -0.758. The largest absolute Gasteiger partial charge is 0.507 e. The molecule has 0 bridgehead atoms. The zero-order valence-electron chi connectivity index (χ0n) is 12.0. The van der Waals surface area contributed by atoms with Crippen LogP contribution in [0.5, 0.6) is 5.75 Å². The van der Waals surface area contributed by atoms with E-state index in [9.17, 15) is 20.0 Å². The third kappa shape index (κ3) is 3.83. The van der Waals surface area contributed by atoms with Crippen LogP contribution in [-0.4, -0.2) is 21.6 Å². The lowest BCUT2D eigenvalue weighted by molar-refractivity contribution is -0.384. The molecule has 2 aromatic rings. The van der Waals surface area contributed by atoms with Crippen molar-refractivity contribution in [3.8, 4) is 5.75 Å². The van der Waals surface area contributed by atoms with Crippen LogP contribution in [0.25, 0.3) is 0 Å². The lowest BCUT2D eigenvalue weighted by Crippen LogP contribution is -2.19. The van der Waals surface area contributed by atoms with Crippen molar-refractivity contribution in [2.24, 2.45) is 5.10 Å². The molecule has 0 heterocycles.